The minimum Gasteiger partial charge on any atom is -0.496 e. The van der Waals surface area contributed by atoms with E-state index in [1.54, 1.807) is 6.08 Å². The minimum absolute atomic E-state index is 0.406. The number of allylic oxidation sites excluding steroid dienone is 2. The fourth-order valence-electron chi connectivity index (χ4n) is 11.9. The molecule has 0 saturated heterocycles. The molecule has 0 aromatic rings. The average molecular weight is 730 g/mol. The van der Waals surface area contributed by atoms with Crippen LogP contribution in [0.25, 0.3) is 0 Å². The third kappa shape index (κ3) is 14.8. The van der Waals surface area contributed by atoms with E-state index in [1.165, 1.54) is 96.2 Å². The van der Waals surface area contributed by atoms with Gasteiger partial charge in [-0.25, -0.2) is 0 Å². The molecular weight excluding hydrogens is 635 g/mol. The van der Waals surface area contributed by atoms with Crippen molar-refractivity contribution in [3.63, 3.8) is 0 Å². The number of nitrogens with two attached hydrogens (primary N) is 1. The lowest BCUT2D eigenvalue weighted by Gasteiger charge is -2.64. The predicted octanol–water partition coefficient (Wildman–Crippen LogP) is 13.2. The summed E-state index contributed by atoms with van der Waals surface area (Å²) in [6.45, 7) is 45.0. The molecule has 0 amide bonds. The number of rotatable bonds is 16. The molecule has 4 aliphatic carbocycles. The number of hydrogen-bond donors (Lipinski definition) is 3. The van der Waals surface area contributed by atoms with Crippen molar-refractivity contribution in [1.29, 1.82) is 0 Å². The molecule has 308 valence electrons. The molecule has 11 atom stereocenters. The minimum atomic E-state index is 0.406. The van der Waals surface area contributed by atoms with Gasteiger partial charge in [0.1, 0.15) is 0 Å². The van der Waals surface area contributed by atoms with Crippen molar-refractivity contribution in [3.8, 4) is 0 Å². The van der Waals surface area contributed by atoms with E-state index in [1.807, 2.05) is 41.5 Å². The largest absolute Gasteiger partial charge is 0.496 e. The van der Waals surface area contributed by atoms with Gasteiger partial charge in [-0.2, -0.15) is 0 Å². The molecule has 4 saturated carbocycles. The van der Waals surface area contributed by atoms with E-state index in [0.717, 1.165) is 78.7 Å². The summed E-state index contributed by atoms with van der Waals surface area (Å²) in [6.07, 6.45) is 21.4. The summed E-state index contributed by atoms with van der Waals surface area (Å²) >= 11 is 0. The van der Waals surface area contributed by atoms with E-state index in [2.05, 4.69) is 84.6 Å². The first-order valence-corrected chi connectivity index (χ1v) is 22.5. The highest BCUT2D eigenvalue weighted by atomic mass is 16.5. The van der Waals surface area contributed by atoms with E-state index in [9.17, 15) is 0 Å². The number of fused-ring (bicyclic) bond motifs is 5. The number of ether oxygens (including phenoxy) is 1. The summed E-state index contributed by atoms with van der Waals surface area (Å²) in [4.78, 5) is 0. The van der Waals surface area contributed by atoms with Gasteiger partial charge in [0.2, 0.25) is 0 Å². The topological polar surface area (TPSA) is 59.3 Å². The molecule has 4 rings (SSSR count). The summed E-state index contributed by atoms with van der Waals surface area (Å²) in [5.41, 5.74) is 5.65. The third-order valence-corrected chi connectivity index (χ3v) is 13.4. The first-order valence-electron chi connectivity index (χ1n) is 22.5. The second-order valence-electron chi connectivity index (χ2n) is 17.6. The molecule has 0 radical (unpaired) electrons. The normalized spacial score (nSPS) is 33.3. The van der Waals surface area contributed by atoms with Crippen molar-refractivity contribution in [1.82, 2.24) is 10.6 Å². The van der Waals surface area contributed by atoms with Crippen molar-refractivity contribution in [2.45, 2.75) is 180 Å². The lowest BCUT2D eigenvalue weighted by molar-refractivity contribution is -0.161. The third-order valence-electron chi connectivity index (χ3n) is 13.4. The van der Waals surface area contributed by atoms with Crippen LogP contribution in [-0.2, 0) is 4.74 Å². The highest BCUT2D eigenvalue weighted by Gasteiger charge is 2.64. The summed E-state index contributed by atoms with van der Waals surface area (Å²) in [5, 5.41) is 7.29. The van der Waals surface area contributed by atoms with Crippen LogP contribution in [0.4, 0.5) is 0 Å². The molecule has 0 bridgehead atoms. The molecule has 0 aliphatic heterocycles. The Morgan fingerprint density at radius 2 is 1.42 bits per heavy atom. The van der Waals surface area contributed by atoms with Gasteiger partial charge >= 0.3 is 0 Å². The van der Waals surface area contributed by atoms with Crippen molar-refractivity contribution in [2.75, 3.05) is 26.2 Å². The summed E-state index contributed by atoms with van der Waals surface area (Å²) in [5.74, 6) is 8.92. The van der Waals surface area contributed by atoms with Crippen LogP contribution >= 0.6 is 0 Å². The second kappa shape index (κ2) is 27.3. The van der Waals surface area contributed by atoms with Gasteiger partial charge in [-0.1, -0.05) is 115 Å². The second-order valence-corrected chi connectivity index (χ2v) is 17.6. The molecule has 52 heavy (non-hydrogen) atoms. The molecular formula is C48H95N3O. The molecule has 4 aliphatic rings. The van der Waals surface area contributed by atoms with Crippen molar-refractivity contribution in [2.24, 2.45) is 69.8 Å². The molecule has 0 heterocycles. The van der Waals surface area contributed by atoms with Crippen LogP contribution in [0.3, 0.4) is 0 Å². The molecule has 0 aromatic carbocycles. The first kappa shape index (κ1) is 50.7. The predicted molar refractivity (Wildman–Crippen MR) is 234 cm³/mol. The lowest BCUT2D eigenvalue weighted by atomic mass is 9.41. The van der Waals surface area contributed by atoms with Crippen LogP contribution in [0.2, 0.25) is 0 Å². The molecule has 4 heteroatoms. The zero-order chi connectivity index (χ0) is 39.9. The number of hydrogen-bond acceptors (Lipinski definition) is 4. The maximum absolute atomic E-state index is 6.21. The number of nitrogens with one attached hydrogen (secondary N) is 2. The molecule has 4 nitrogen and oxygen atoms in total. The van der Waals surface area contributed by atoms with Crippen LogP contribution in [0.15, 0.2) is 37.8 Å². The van der Waals surface area contributed by atoms with Crippen LogP contribution in [-0.4, -0.2) is 32.3 Å². The molecule has 0 aromatic heterocycles. The van der Waals surface area contributed by atoms with Gasteiger partial charge in [0.05, 0.1) is 11.9 Å². The van der Waals surface area contributed by atoms with Gasteiger partial charge in [-0.15, -0.1) is 6.58 Å². The average Bonchev–Trinajstić information content (AvgIpc) is 3.36. The van der Waals surface area contributed by atoms with Crippen molar-refractivity contribution < 1.29 is 4.74 Å². The zero-order valence-corrected chi connectivity index (χ0v) is 37.6. The van der Waals surface area contributed by atoms with E-state index in [4.69, 9.17) is 4.74 Å². The Morgan fingerprint density at radius 3 is 1.98 bits per heavy atom. The summed E-state index contributed by atoms with van der Waals surface area (Å²) < 4.78 is 6.21. The standard InChI is InChI=1S/C39H72N2O.C3H6.C2H5N.2C2H6/c1-10-20-40-22-23-41-21-12-15-31(14-11-13-27(2)3)36-30(7)26-39(9)34-17-16-32-25-33(42-28(4)5)18-19-38(32,8)37(34)29(6)24-35(36)39;1-3-2;1-2-3;2*1-2/h27,29-37,40-41H,4,10-26H2,1-3,5-9H3;3H,1H2,2H3;2H,1,3H2;2*1-2H3. The quantitative estimate of drug-likeness (QED) is 0.0841. The summed E-state index contributed by atoms with van der Waals surface area (Å²) in [6, 6.07) is 0. The van der Waals surface area contributed by atoms with E-state index in [-0.39, 0.29) is 0 Å². The highest BCUT2D eigenvalue weighted by Crippen LogP contribution is 2.71. The summed E-state index contributed by atoms with van der Waals surface area (Å²) in [7, 11) is 0. The van der Waals surface area contributed by atoms with E-state index < -0.39 is 0 Å². The molecule has 4 N–H and O–H groups in total. The fourth-order valence-corrected chi connectivity index (χ4v) is 11.9. The Labute approximate surface area is 327 Å². The monoisotopic (exact) mass is 730 g/mol. The van der Waals surface area contributed by atoms with Gasteiger partial charge in [-0.3, -0.25) is 0 Å². The lowest BCUT2D eigenvalue weighted by Crippen LogP contribution is -2.57. The Bertz CT molecular complexity index is 927. The maximum atomic E-state index is 6.21. The first-order chi connectivity index (χ1) is 24.8. The SMILES string of the molecule is C=C(C)OC1CCC2(C)C(CCC3C2C(C)CC2C(C(CCCNCCNCCC)CCCC(C)C)C(C)CC23C)C1.C=CC.C=CN.CC.CC. The van der Waals surface area contributed by atoms with Crippen LogP contribution in [0.1, 0.15) is 173 Å². The van der Waals surface area contributed by atoms with Crippen LogP contribution in [0.5, 0.6) is 0 Å². The van der Waals surface area contributed by atoms with E-state index >= 15 is 0 Å². The van der Waals surface area contributed by atoms with Crippen molar-refractivity contribution in [3.05, 3.63) is 37.8 Å². The van der Waals surface area contributed by atoms with Gasteiger partial charge in [0.25, 0.3) is 0 Å². The molecule has 0 spiro atoms. The Kier molecular flexibility index (Phi) is 26.7. The maximum Gasteiger partial charge on any atom is 0.0985 e. The van der Waals surface area contributed by atoms with Crippen LogP contribution < -0.4 is 16.4 Å². The van der Waals surface area contributed by atoms with Gasteiger partial charge in [0.15, 0.2) is 0 Å². The Balaban J connectivity index is 0.00000236. The van der Waals surface area contributed by atoms with Crippen LogP contribution in [0, 0.1) is 64.1 Å². The molecule has 11 unspecified atom stereocenters. The van der Waals surface area contributed by atoms with Gasteiger partial charge in [-0.05, 0) is 161 Å². The highest BCUT2D eigenvalue weighted by molar-refractivity contribution is 5.13. The Hall–Kier alpha value is -1.26. The van der Waals surface area contributed by atoms with Gasteiger partial charge in [0, 0.05) is 13.1 Å². The van der Waals surface area contributed by atoms with Crippen molar-refractivity contribution >= 4 is 0 Å². The van der Waals surface area contributed by atoms with E-state index in [0.29, 0.717) is 16.9 Å². The van der Waals surface area contributed by atoms with Gasteiger partial charge < -0.3 is 21.1 Å². The fraction of sp³-hybridized carbons (Fsp3) is 0.875. The zero-order valence-electron chi connectivity index (χ0n) is 37.6. The smallest absolute Gasteiger partial charge is 0.0985 e. The molecule has 4 fully saturated rings. The Morgan fingerprint density at radius 1 is 0.846 bits per heavy atom.